The molecule has 0 N–H and O–H groups in total. The van der Waals surface area contributed by atoms with E-state index >= 15 is 0 Å². The van der Waals surface area contributed by atoms with Crippen LogP contribution < -0.4 is 14.5 Å². The molecule has 0 bridgehead atoms. The quantitative estimate of drug-likeness (QED) is 0.291. The number of rotatable bonds is 4. The zero-order chi connectivity index (χ0) is 24.9. The van der Waals surface area contributed by atoms with Crippen LogP contribution in [0.2, 0.25) is 0 Å². The predicted molar refractivity (Wildman–Crippen MR) is 131 cm³/mol. The van der Waals surface area contributed by atoms with Gasteiger partial charge in [-0.2, -0.15) is 0 Å². The average molecular weight is 473 g/mol. The van der Waals surface area contributed by atoms with Crippen molar-refractivity contribution in [2.45, 2.75) is 33.6 Å². The fourth-order valence-corrected chi connectivity index (χ4v) is 5.47. The summed E-state index contributed by atoms with van der Waals surface area (Å²) in [7, 11) is 0. The lowest BCUT2D eigenvalue weighted by Gasteiger charge is -2.22. The lowest BCUT2D eigenvalue weighted by Crippen LogP contribution is -2.31. The molecular formula is C28H28N2O5. The van der Waals surface area contributed by atoms with E-state index in [2.05, 4.69) is 0 Å². The lowest BCUT2D eigenvalue weighted by atomic mass is 9.78. The molecular weight excluding hydrogens is 444 g/mol. The van der Waals surface area contributed by atoms with E-state index in [0.717, 1.165) is 16.8 Å². The molecule has 7 nitrogen and oxygen atoms in total. The summed E-state index contributed by atoms with van der Waals surface area (Å²) in [5.74, 6) is -1.83. The van der Waals surface area contributed by atoms with Crippen LogP contribution in [0.1, 0.15) is 30.9 Å². The Kier molecular flexibility index (Phi) is 5.79. The first-order valence-corrected chi connectivity index (χ1v) is 12.0. The summed E-state index contributed by atoms with van der Waals surface area (Å²) in [5.41, 5.74) is 3.38. The van der Waals surface area contributed by atoms with Crippen molar-refractivity contribution < 1.29 is 23.9 Å². The number of nitrogens with zero attached hydrogens (tertiary/aromatic N) is 2. The second kappa shape index (κ2) is 8.80. The van der Waals surface area contributed by atoms with E-state index in [1.807, 2.05) is 51.1 Å². The maximum Gasteiger partial charge on any atom is 0.316 e. The van der Waals surface area contributed by atoms with Gasteiger partial charge < -0.3 is 9.64 Å². The maximum absolute atomic E-state index is 13.0. The minimum absolute atomic E-state index is 0.0211. The number of allylic oxidation sites excluding steroid dienone is 2. The van der Waals surface area contributed by atoms with Crippen molar-refractivity contribution in [1.82, 2.24) is 0 Å². The molecule has 5 rings (SSSR count). The Morgan fingerprint density at radius 1 is 1.00 bits per heavy atom. The van der Waals surface area contributed by atoms with Crippen LogP contribution >= 0.6 is 0 Å². The Bertz CT molecular complexity index is 1250. The molecule has 2 fully saturated rings. The third-order valence-corrected chi connectivity index (χ3v) is 7.29. The molecule has 2 saturated heterocycles. The van der Waals surface area contributed by atoms with Crippen molar-refractivity contribution in [3.8, 4) is 5.75 Å². The van der Waals surface area contributed by atoms with Crippen LogP contribution in [0.5, 0.6) is 5.75 Å². The first-order chi connectivity index (χ1) is 16.7. The molecule has 2 aromatic rings. The number of ether oxygens (including phenoxy) is 1. The van der Waals surface area contributed by atoms with E-state index < -0.39 is 11.9 Å². The summed E-state index contributed by atoms with van der Waals surface area (Å²) in [4.78, 5) is 54.2. The van der Waals surface area contributed by atoms with Gasteiger partial charge in [0, 0.05) is 18.7 Å². The average Bonchev–Trinajstić information content (AvgIpc) is 3.32. The van der Waals surface area contributed by atoms with Crippen LogP contribution in [0, 0.1) is 37.5 Å². The summed E-state index contributed by atoms with van der Waals surface area (Å²) in [6.45, 7) is 6.17. The molecule has 0 unspecified atom stereocenters. The summed E-state index contributed by atoms with van der Waals surface area (Å²) >= 11 is 0. The van der Waals surface area contributed by atoms with Gasteiger partial charge in [-0.25, -0.2) is 0 Å². The zero-order valence-electron chi connectivity index (χ0n) is 20.1. The number of benzene rings is 2. The minimum Gasteiger partial charge on any atom is -0.426 e. The lowest BCUT2D eigenvalue weighted by molar-refractivity contribution is -0.139. The number of aryl methyl sites for hydroxylation is 2. The molecule has 2 aromatic carbocycles. The van der Waals surface area contributed by atoms with Crippen LogP contribution in [-0.2, 0) is 19.2 Å². The molecule has 35 heavy (non-hydrogen) atoms. The van der Waals surface area contributed by atoms with Gasteiger partial charge in [-0.05, 0) is 62.1 Å². The van der Waals surface area contributed by atoms with Gasteiger partial charge >= 0.3 is 5.97 Å². The smallest absolute Gasteiger partial charge is 0.316 e. The van der Waals surface area contributed by atoms with Crippen molar-refractivity contribution in [1.29, 1.82) is 0 Å². The van der Waals surface area contributed by atoms with Crippen molar-refractivity contribution in [3.05, 3.63) is 65.7 Å². The number of hydrogen-bond acceptors (Lipinski definition) is 5. The molecule has 0 saturated carbocycles. The number of hydrogen-bond donors (Lipinski definition) is 0. The second-order valence-corrected chi connectivity index (χ2v) is 9.78. The summed E-state index contributed by atoms with van der Waals surface area (Å²) in [5, 5.41) is 0. The van der Waals surface area contributed by atoms with Crippen molar-refractivity contribution in [3.63, 3.8) is 0 Å². The first-order valence-electron chi connectivity index (χ1n) is 12.0. The Morgan fingerprint density at radius 2 is 1.74 bits per heavy atom. The van der Waals surface area contributed by atoms with E-state index in [9.17, 15) is 19.2 Å². The molecule has 3 amide bonds. The van der Waals surface area contributed by atoms with Gasteiger partial charge in [0.15, 0.2) is 0 Å². The molecule has 1 aliphatic carbocycles. The van der Waals surface area contributed by atoms with E-state index in [1.165, 1.54) is 4.90 Å². The number of imide groups is 1. The first kappa shape index (κ1) is 23.0. The Hall–Kier alpha value is -3.74. The number of fused-ring (bicyclic) bond motifs is 1. The number of carbonyl (C=O) groups excluding carboxylic acids is 4. The highest BCUT2D eigenvalue weighted by molar-refractivity contribution is 6.22. The van der Waals surface area contributed by atoms with Crippen molar-refractivity contribution >= 4 is 35.1 Å². The third kappa shape index (κ3) is 4.05. The normalized spacial score (nSPS) is 25.9. The van der Waals surface area contributed by atoms with Gasteiger partial charge in [-0.3, -0.25) is 24.1 Å². The van der Waals surface area contributed by atoms with Crippen molar-refractivity contribution in [2.75, 3.05) is 16.3 Å². The third-order valence-electron chi connectivity index (χ3n) is 7.29. The number of carbonyl (C=O) groups is 4. The second-order valence-electron chi connectivity index (χ2n) is 9.78. The molecule has 0 radical (unpaired) electrons. The fourth-order valence-electron chi connectivity index (χ4n) is 5.47. The number of anilines is 2. The van der Waals surface area contributed by atoms with Gasteiger partial charge in [-0.1, -0.05) is 36.8 Å². The van der Waals surface area contributed by atoms with Gasteiger partial charge in [0.1, 0.15) is 5.75 Å². The van der Waals surface area contributed by atoms with Crippen LogP contribution in [0.25, 0.3) is 0 Å². The Labute approximate surface area is 204 Å². The van der Waals surface area contributed by atoms with Gasteiger partial charge in [0.05, 0.1) is 23.4 Å². The van der Waals surface area contributed by atoms with E-state index in [-0.39, 0.29) is 48.4 Å². The summed E-state index contributed by atoms with van der Waals surface area (Å²) < 4.78 is 5.55. The standard InChI is InChI=1S/C28H28N2O5/c1-16-7-12-23(18(3)13-16)29-15-19(14-24(29)31)28(34)35-21-10-8-20(9-11-21)30-26(32)22-6-4-5-17(2)25(22)27(30)33/h4-5,7-13,17,19,22,25H,6,14-15H2,1-3H3/t17-,19-,22-,25+/m1/s1. The molecule has 2 heterocycles. The molecule has 0 aromatic heterocycles. The molecule has 3 aliphatic rings. The fraction of sp³-hybridized carbons (Fsp3) is 0.357. The van der Waals surface area contributed by atoms with E-state index in [4.69, 9.17) is 4.74 Å². The van der Waals surface area contributed by atoms with Crippen LogP contribution in [0.4, 0.5) is 11.4 Å². The van der Waals surface area contributed by atoms with Crippen LogP contribution in [0.15, 0.2) is 54.6 Å². The van der Waals surface area contributed by atoms with Gasteiger partial charge in [-0.15, -0.1) is 0 Å². The molecule has 0 spiro atoms. The Morgan fingerprint density at radius 3 is 2.43 bits per heavy atom. The van der Waals surface area contributed by atoms with Crippen LogP contribution in [0.3, 0.4) is 0 Å². The van der Waals surface area contributed by atoms with E-state index in [1.54, 1.807) is 29.2 Å². The maximum atomic E-state index is 13.0. The van der Waals surface area contributed by atoms with Crippen molar-refractivity contribution in [2.24, 2.45) is 23.7 Å². The van der Waals surface area contributed by atoms with Gasteiger partial charge in [0.2, 0.25) is 17.7 Å². The SMILES string of the molecule is Cc1ccc(N2C[C@H](C(=O)Oc3ccc(N4C(=O)[C@H]5[C@H](C)C=CC[C@H]5C4=O)cc3)CC2=O)c(C)c1. The minimum atomic E-state index is -0.568. The molecule has 2 aliphatic heterocycles. The Balaban J connectivity index is 1.26. The highest BCUT2D eigenvalue weighted by Crippen LogP contribution is 2.40. The summed E-state index contributed by atoms with van der Waals surface area (Å²) in [6.07, 6.45) is 4.63. The highest BCUT2D eigenvalue weighted by atomic mass is 16.5. The molecule has 180 valence electrons. The highest BCUT2D eigenvalue weighted by Gasteiger charge is 2.50. The zero-order valence-corrected chi connectivity index (χ0v) is 20.1. The topological polar surface area (TPSA) is 84.0 Å². The monoisotopic (exact) mass is 472 g/mol. The van der Waals surface area contributed by atoms with Crippen LogP contribution in [-0.4, -0.2) is 30.2 Å². The predicted octanol–water partition coefficient (Wildman–Crippen LogP) is 3.96. The van der Waals surface area contributed by atoms with Gasteiger partial charge in [0.25, 0.3) is 0 Å². The number of amides is 3. The van der Waals surface area contributed by atoms with E-state index in [0.29, 0.717) is 17.9 Å². The number of esters is 1. The molecule has 4 atom stereocenters. The largest absolute Gasteiger partial charge is 0.426 e. The molecule has 7 heteroatoms. The summed E-state index contributed by atoms with van der Waals surface area (Å²) in [6, 6.07) is 12.3.